The summed E-state index contributed by atoms with van der Waals surface area (Å²) >= 11 is 1.81. The summed E-state index contributed by atoms with van der Waals surface area (Å²) in [6.07, 6.45) is 2.78. The molecule has 16 heavy (non-hydrogen) atoms. The van der Waals surface area contributed by atoms with Crippen molar-refractivity contribution in [3.63, 3.8) is 0 Å². The highest BCUT2D eigenvalue weighted by molar-refractivity contribution is 7.99. The highest BCUT2D eigenvalue weighted by Gasteiger charge is 1.97. The molecule has 0 atom stereocenters. The Balaban J connectivity index is 2.23. The molecule has 0 unspecified atom stereocenters. The van der Waals surface area contributed by atoms with E-state index >= 15 is 0 Å². The minimum absolute atomic E-state index is 0.284. The van der Waals surface area contributed by atoms with E-state index in [4.69, 9.17) is 15.9 Å². The van der Waals surface area contributed by atoms with Crippen LogP contribution in [0.5, 0.6) is 5.75 Å². The maximum Gasteiger partial charge on any atom is 0.119 e. The number of nitrogens with one attached hydrogen (secondary N) is 1. The smallest absolute Gasteiger partial charge is 0.119 e. The molecular formula is C12H18N2OS. The minimum Gasteiger partial charge on any atom is -0.497 e. The van der Waals surface area contributed by atoms with E-state index in [9.17, 15) is 0 Å². The lowest BCUT2D eigenvalue weighted by molar-refractivity contribution is 0.413. The number of amidine groups is 1. The molecule has 3 nitrogen and oxygen atoms in total. The zero-order valence-corrected chi connectivity index (χ0v) is 10.3. The molecule has 0 aromatic heterocycles. The zero-order valence-electron chi connectivity index (χ0n) is 9.53. The Morgan fingerprint density at radius 2 is 2.25 bits per heavy atom. The lowest BCUT2D eigenvalue weighted by Gasteiger charge is -2.04. The van der Waals surface area contributed by atoms with Crippen LogP contribution >= 0.6 is 11.8 Å². The SMILES string of the molecule is COc1cccc(SCCCCC(=N)N)c1. The van der Waals surface area contributed by atoms with Gasteiger partial charge in [0.1, 0.15) is 5.75 Å². The Morgan fingerprint density at radius 3 is 2.94 bits per heavy atom. The third-order valence-electron chi connectivity index (χ3n) is 2.15. The van der Waals surface area contributed by atoms with Gasteiger partial charge in [0.15, 0.2) is 0 Å². The zero-order chi connectivity index (χ0) is 11.8. The van der Waals surface area contributed by atoms with Crippen LogP contribution in [0.15, 0.2) is 29.2 Å². The number of thioether (sulfide) groups is 1. The number of nitrogens with two attached hydrogens (primary N) is 1. The average molecular weight is 238 g/mol. The molecular weight excluding hydrogens is 220 g/mol. The van der Waals surface area contributed by atoms with Gasteiger partial charge in [-0.15, -0.1) is 11.8 Å². The Kier molecular flexibility index (Phi) is 5.78. The molecule has 3 N–H and O–H groups in total. The van der Waals surface area contributed by atoms with Gasteiger partial charge in [-0.25, -0.2) is 0 Å². The van der Waals surface area contributed by atoms with Crippen molar-refractivity contribution >= 4 is 17.6 Å². The molecule has 4 heteroatoms. The lowest BCUT2D eigenvalue weighted by atomic mass is 10.2. The summed E-state index contributed by atoms with van der Waals surface area (Å²) in [4.78, 5) is 1.22. The van der Waals surface area contributed by atoms with E-state index in [1.165, 1.54) is 4.90 Å². The summed E-state index contributed by atoms with van der Waals surface area (Å²) < 4.78 is 5.16. The number of unbranched alkanes of at least 4 members (excludes halogenated alkanes) is 1. The highest BCUT2D eigenvalue weighted by atomic mass is 32.2. The first-order chi connectivity index (χ1) is 7.72. The molecule has 0 amide bonds. The fraction of sp³-hybridized carbons (Fsp3) is 0.417. The third-order valence-corrected chi connectivity index (χ3v) is 3.23. The van der Waals surface area contributed by atoms with Crippen molar-refractivity contribution in [3.05, 3.63) is 24.3 Å². The quantitative estimate of drug-likeness (QED) is 0.332. The van der Waals surface area contributed by atoms with Crippen molar-refractivity contribution in [2.24, 2.45) is 5.73 Å². The number of hydrogen-bond donors (Lipinski definition) is 2. The molecule has 0 fully saturated rings. The fourth-order valence-electron chi connectivity index (χ4n) is 1.30. The maximum atomic E-state index is 7.10. The Labute approximate surface area is 101 Å². The number of hydrogen-bond acceptors (Lipinski definition) is 3. The molecule has 0 bridgehead atoms. The van der Waals surface area contributed by atoms with Gasteiger partial charge in [0.2, 0.25) is 0 Å². The highest BCUT2D eigenvalue weighted by Crippen LogP contribution is 2.23. The molecule has 1 rings (SSSR count). The first-order valence-electron chi connectivity index (χ1n) is 5.32. The van der Waals surface area contributed by atoms with E-state index in [1.807, 2.05) is 30.0 Å². The van der Waals surface area contributed by atoms with Crippen molar-refractivity contribution in [1.29, 1.82) is 5.41 Å². The molecule has 88 valence electrons. The molecule has 1 aromatic rings. The lowest BCUT2D eigenvalue weighted by Crippen LogP contribution is -2.08. The maximum absolute atomic E-state index is 7.10. The van der Waals surface area contributed by atoms with E-state index in [0.29, 0.717) is 6.42 Å². The van der Waals surface area contributed by atoms with E-state index in [2.05, 4.69) is 6.07 Å². The summed E-state index contributed by atoms with van der Waals surface area (Å²) in [6.45, 7) is 0. The number of methoxy groups -OCH3 is 1. The number of benzene rings is 1. The van der Waals surface area contributed by atoms with Gasteiger partial charge in [-0.2, -0.15) is 0 Å². The van der Waals surface area contributed by atoms with Crippen LogP contribution in [0.3, 0.4) is 0 Å². The summed E-state index contributed by atoms with van der Waals surface area (Å²) in [5.74, 6) is 2.24. The van der Waals surface area contributed by atoms with Gasteiger partial charge in [-0.05, 0) is 36.8 Å². The molecule has 0 aliphatic carbocycles. The number of rotatable bonds is 7. The Morgan fingerprint density at radius 1 is 1.44 bits per heavy atom. The van der Waals surface area contributed by atoms with Crippen LogP contribution in [0.4, 0.5) is 0 Å². The largest absolute Gasteiger partial charge is 0.497 e. The van der Waals surface area contributed by atoms with Gasteiger partial charge in [-0.3, -0.25) is 5.41 Å². The molecule has 0 saturated carbocycles. The van der Waals surface area contributed by atoms with Crippen molar-refractivity contribution in [2.75, 3.05) is 12.9 Å². The first kappa shape index (κ1) is 12.9. The van der Waals surface area contributed by atoms with Gasteiger partial charge in [0, 0.05) is 11.3 Å². The normalized spacial score (nSPS) is 10.1. The predicted molar refractivity (Wildman–Crippen MR) is 69.5 cm³/mol. The molecule has 0 heterocycles. The van der Waals surface area contributed by atoms with E-state index in [1.54, 1.807) is 7.11 Å². The van der Waals surface area contributed by atoms with Crippen LogP contribution in [0.25, 0.3) is 0 Å². The van der Waals surface area contributed by atoms with Crippen LogP contribution in [-0.4, -0.2) is 18.7 Å². The van der Waals surface area contributed by atoms with Gasteiger partial charge in [0.05, 0.1) is 12.9 Å². The molecule has 0 radical (unpaired) electrons. The Bertz CT molecular complexity index is 342. The van der Waals surface area contributed by atoms with Crippen LogP contribution in [-0.2, 0) is 0 Å². The van der Waals surface area contributed by atoms with Crippen molar-refractivity contribution in [2.45, 2.75) is 24.2 Å². The standard InChI is InChI=1S/C12H18N2OS/c1-15-10-5-4-6-11(9-10)16-8-3-2-7-12(13)14/h4-6,9H,2-3,7-8H2,1H3,(H3,13,14). The number of ether oxygens (including phenoxy) is 1. The van der Waals surface area contributed by atoms with Crippen molar-refractivity contribution in [3.8, 4) is 5.75 Å². The fourth-order valence-corrected chi connectivity index (χ4v) is 2.26. The van der Waals surface area contributed by atoms with Gasteiger partial charge < -0.3 is 10.5 Å². The van der Waals surface area contributed by atoms with Crippen LogP contribution in [0.2, 0.25) is 0 Å². The van der Waals surface area contributed by atoms with Gasteiger partial charge >= 0.3 is 0 Å². The van der Waals surface area contributed by atoms with Gasteiger partial charge in [-0.1, -0.05) is 6.07 Å². The van der Waals surface area contributed by atoms with Crippen molar-refractivity contribution < 1.29 is 4.74 Å². The average Bonchev–Trinajstić information content (AvgIpc) is 2.28. The minimum atomic E-state index is 0.284. The van der Waals surface area contributed by atoms with Crippen LogP contribution < -0.4 is 10.5 Å². The first-order valence-corrected chi connectivity index (χ1v) is 6.30. The third kappa shape index (κ3) is 5.07. The molecule has 0 saturated heterocycles. The van der Waals surface area contributed by atoms with E-state index in [0.717, 1.165) is 24.3 Å². The summed E-state index contributed by atoms with van der Waals surface area (Å²) in [5, 5.41) is 7.10. The topological polar surface area (TPSA) is 59.1 Å². The Hall–Kier alpha value is -1.16. The monoisotopic (exact) mass is 238 g/mol. The summed E-state index contributed by atoms with van der Waals surface area (Å²) in [6, 6.07) is 8.06. The second kappa shape index (κ2) is 7.17. The molecule has 0 aliphatic rings. The van der Waals surface area contributed by atoms with Crippen LogP contribution in [0, 0.1) is 5.41 Å². The summed E-state index contributed by atoms with van der Waals surface area (Å²) in [5.41, 5.74) is 5.28. The van der Waals surface area contributed by atoms with E-state index < -0.39 is 0 Å². The second-order valence-electron chi connectivity index (χ2n) is 3.51. The molecule has 1 aromatic carbocycles. The molecule has 0 spiro atoms. The second-order valence-corrected chi connectivity index (χ2v) is 4.68. The molecule has 0 aliphatic heterocycles. The predicted octanol–water partition coefficient (Wildman–Crippen LogP) is 2.89. The summed E-state index contributed by atoms with van der Waals surface area (Å²) in [7, 11) is 1.68. The van der Waals surface area contributed by atoms with Gasteiger partial charge in [0.25, 0.3) is 0 Å². The van der Waals surface area contributed by atoms with E-state index in [-0.39, 0.29) is 5.84 Å². The van der Waals surface area contributed by atoms with Crippen molar-refractivity contribution in [1.82, 2.24) is 0 Å². The van der Waals surface area contributed by atoms with Crippen LogP contribution in [0.1, 0.15) is 19.3 Å².